The summed E-state index contributed by atoms with van der Waals surface area (Å²) in [5.74, 6) is -1.42. The van der Waals surface area contributed by atoms with Gasteiger partial charge in [-0.1, -0.05) is 0 Å². The van der Waals surface area contributed by atoms with E-state index in [-0.39, 0.29) is 37.6 Å². The first-order valence-electron chi connectivity index (χ1n) is 3.82. The number of amides is 2. The number of carbonyl (C=O) groups is 3. The molecular weight excluding hydrogens is 178 g/mol. The van der Waals surface area contributed by atoms with Gasteiger partial charge in [0.05, 0.1) is 6.42 Å². The Kier molecular flexibility index (Phi) is 2.97. The van der Waals surface area contributed by atoms with Gasteiger partial charge >= 0.3 is 5.97 Å². The van der Waals surface area contributed by atoms with Gasteiger partial charge in [0.2, 0.25) is 11.8 Å². The number of hydrogen-bond acceptors (Lipinski definition) is 5. The summed E-state index contributed by atoms with van der Waals surface area (Å²) in [7, 11) is 0. The lowest BCUT2D eigenvalue weighted by Crippen LogP contribution is -2.31. The molecule has 1 rings (SSSR count). The molecule has 13 heavy (non-hydrogen) atoms. The van der Waals surface area contributed by atoms with Gasteiger partial charge in [0.1, 0.15) is 0 Å². The molecule has 0 unspecified atom stereocenters. The van der Waals surface area contributed by atoms with Crippen LogP contribution in [0.3, 0.4) is 0 Å². The number of hydrogen-bond donors (Lipinski definition) is 1. The largest absolute Gasteiger partial charge is 0.343 e. The van der Waals surface area contributed by atoms with Crippen molar-refractivity contribution in [3.8, 4) is 0 Å². The molecule has 0 atom stereocenters. The number of carbonyl (C=O) groups excluding carboxylic acids is 3. The van der Waals surface area contributed by atoms with Crippen molar-refractivity contribution >= 4 is 17.8 Å². The van der Waals surface area contributed by atoms with Gasteiger partial charge in [0, 0.05) is 19.4 Å². The van der Waals surface area contributed by atoms with Gasteiger partial charge in [-0.15, -0.1) is 0 Å². The van der Waals surface area contributed by atoms with Crippen molar-refractivity contribution in [2.24, 2.45) is 0 Å². The molecule has 0 saturated carbocycles. The van der Waals surface area contributed by atoms with E-state index in [1.54, 1.807) is 0 Å². The molecule has 0 spiro atoms. The third-order valence-corrected chi connectivity index (χ3v) is 1.80. The van der Waals surface area contributed by atoms with E-state index >= 15 is 0 Å². The summed E-state index contributed by atoms with van der Waals surface area (Å²) in [4.78, 5) is 36.8. The molecule has 2 amide bonds. The third-order valence-electron chi connectivity index (χ3n) is 1.80. The van der Waals surface area contributed by atoms with Gasteiger partial charge in [-0.3, -0.25) is 14.5 Å². The summed E-state index contributed by atoms with van der Waals surface area (Å²) in [6, 6.07) is 0. The first-order chi connectivity index (χ1) is 6.15. The van der Waals surface area contributed by atoms with Crippen molar-refractivity contribution in [1.82, 2.24) is 4.90 Å². The number of nitrogens with zero attached hydrogens (tertiary/aromatic N) is 1. The lowest BCUT2D eigenvalue weighted by atomic mass is 10.4. The smallest absolute Gasteiger partial charge is 0.301 e. The quantitative estimate of drug-likeness (QED) is 0.367. The minimum atomic E-state index is -0.854. The van der Waals surface area contributed by atoms with Crippen molar-refractivity contribution in [3.05, 3.63) is 0 Å². The SMILES string of the molecule is O=C(CCN1C(=O)CCC1=O)OO. The molecule has 0 aromatic carbocycles. The maximum Gasteiger partial charge on any atom is 0.343 e. The molecule has 0 bridgehead atoms. The summed E-state index contributed by atoms with van der Waals surface area (Å²) in [5, 5.41) is 7.90. The van der Waals surface area contributed by atoms with Crippen molar-refractivity contribution < 1.29 is 24.5 Å². The van der Waals surface area contributed by atoms with Crippen LogP contribution < -0.4 is 0 Å². The van der Waals surface area contributed by atoms with E-state index in [1.807, 2.05) is 0 Å². The van der Waals surface area contributed by atoms with Gasteiger partial charge < -0.3 is 4.89 Å². The van der Waals surface area contributed by atoms with Crippen LogP contribution in [-0.2, 0) is 19.3 Å². The monoisotopic (exact) mass is 187 g/mol. The van der Waals surface area contributed by atoms with Gasteiger partial charge in [0.25, 0.3) is 0 Å². The molecule has 6 nitrogen and oxygen atoms in total. The average Bonchev–Trinajstić information content (AvgIpc) is 2.43. The molecule has 1 saturated heterocycles. The second-order valence-electron chi connectivity index (χ2n) is 2.65. The lowest BCUT2D eigenvalue weighted by Gasteiger charge is -2.11. The average molecular weight is 187 g/mol. The van der Waals surface area contributed by atoms with Crippen LogP contribution in [0.1, 0.15) is 19.3 Å². The van der Waals surface area contributed by atoms with Crippen LogP contribution in [0.4, 0.5) is 0 Å². The van der Waals surface area contributed by atoms with E-state index in [0.717, 1.165) is 4.90 Å². The van der Waals surface area contributed by atoms with Gasteiger partial charge in [-0.25, -0.2) is 4.79 Å². The highest BCUT2D eigenvalue weighted by Crippen LogP contribution is 2.11. The van der Waals surface area contributed by atoms with E-state index in [0.29, 0.717) is 0 Å². The predicted octanol–water partition coefficient (Wildman–Crippen LogP) is -0.458. The third kappa shape index (κ3) is 2.25. The van der Waals surface area contributed by atoms with Crippen LogP contribution in [0.15, 0.2) is 0 Å². The highest BCUT2D eigenvalue weighted by molar-refractivity contribution is 6.02. The van der Waals surface area contributed by atoms with Crippen molar-refractivity contribution in [1.29, 1.82) is 0 Å². The highest BCUT2D eigenvalue weighted by Gasteiger charge is 2.28. The molecule has 0 aromatic rings. The summed E-state index contributed by atoms with van der Waals surface area (Å²) in [6.45, 7) is -0.0168. The standard InChI is InChI=1S/C7H9NO5/c9-5-1-2-6(10)8(5)4-3-7(11)13-12/h12H,1-4H2. The molecular formula is C7H9NO5. The van der Waals surface area contributed by atoms with Crippen LogP contribution in [-0.4, -0.2) is 34.5 Å². The highest BCUT2D eigenvalue weighted by atomic mass is 17.1. The van der Waals surface area contributed by atoms with Crippen LogP contribution in [0.5, 0.6) is 0 Å². The summed E-state index contributed by atoms with van der Waals surface area (Å²) in [6.07, 6.45) is 0.230. The molecule has 0 aromatic heterocycles. The molecule has 0 aliphatic carbocycles. The Morgan fingerprint density at radius 3 is 2.38 bits per heavy atom. The molecule has 1 aliphatic heterocycles. The number of rotatable bonds is 3. The van der Waals surface area contributed by atoms with Crippen molar-refractivity contribution in [3.63, 3.8) is 0 Å². The molecule has 1 N–H and O–H groups in total. The molecule has 72 valence electrons. The Balaban J connectivity index is 2.40. The van der Waals surface area contributed by atoms with Crippen molar-refractivity contribution in [2.75, 3.05) is 6.54 Å². The second-order valence-corrected chi connectivity index (χ2v) is 2.65. The Hall–Kier alpha value is -1.43. The lowest BCUT2D eigenvalue weighted by molar-refractivity contribution is -0.234. The fourth-order valence-corrected chi connectivity index (χ4v) is 1.12. The molecule has 1 fully saturated rings. The first-order valence-corrected chi connectivity index (χ1v) is 3.82. The molecule has 0 radical (unpaired) electrons. The van der Waals surface area contributed by atoms with Gasteiger partial charge in [-0.2, -0.15) is 5.26 Å². The minimum absolute atomic E-state index is 0.0168. The molecule has 1 heterocycles. The van der Waals surface area contributed by atoms with Crippen LogP contribution in [0.2, 0.25) is 0 Å². The van der Waals surface area contributed by atoms with E-state index in [9.17, 15) is 14.4 Å². The van der Waals surface area contributed by atoms with Crippen LogP contribution >= 0.6 is 0 Å². The first kappa shape index (κ1) is 9.66. The van der Waals surface area contributed by atoms with Crippen LogP contribution in [0, 0.1) is 0 Å². The van der Waals surface area contributed by atoms with Gasteiger partial charge in [-0.05, 0) is 0 Å². The van der Waals surface area contributed by atoms with E-state index < -0.39 is 5.97 Å². The fourth-order valence-electron chi connectivity index (χ4n) is 1.12. The maximum absolute atomic E-state index is 11.0. The van der Waals surface area contributed by atoms with E-state index in [2.05, 4.69) is 4.89 Å². The molecule has 1 aliphatic rings. The molecule has 6 heteroatoms. The Morgan fingerprint density at radius 2 is 1.92 bits per heavy atom. The fraction of sp³-hybridized carbons (Fsp3) is 0.571. The van der Waals surface area contributed by atoms with E-state index in [4.69, 9.17) is 5.26 Å². The Bertz CT molecular complexity index is 233. The zero-order valence-electron chi connectivity index (χ0n) is 6.86. The van der Waals surface area contributed by atoms with E-state index in [1.165, 1.54) is 0 Å². The zero-order chi connectivity index (χ0) is 9.84. The van der Waals surface area contributed by atoms with Crippen molar-refractivity contribution in [2.45, 2.75) is 19.3 Å². The second kappa shape index (κ2) is 3.99. The summed E-state index contributed by atoms with van der Waals surface area (Å²) in [5.41, 5.74) is 0. The Morgan fingerprint density at radius 1 is 1.38 bits per heavy atom. The Labute approximate surface area is 74.0 Å². The number of imide groups is 1. The number of likely N-dealkylation sites (tertiary alicyclic amines) is 1. The van der Waals surface area contributed by atoms with Gasteiger partial charge in [0.15, 0.2) is 0 Å². The van der Waals surface area contributed by atoms with Crippen LogP contribution in [0.25, 0.3) is 0 Å². The summed E-state index contributed by atoms with van der Waals surface area (Å²) >= 11 is 0. The normalized spacial score (nSPS) is 16.5. The zero-order valence-corrected chi connectivity index (χ0v) is 6.86. The predicted molar refractivity (Wildman–Crippen MR) is 39.3 cm³/mol. The minimum Gasteiger partial charge on any atom is -0.301 e. The maximum atomic E-state index is 11.0. The topological polar surface area (TPSA) is 83.9 Å². The summed E-state index contributed by atoms with van der Waals surface area (Å²) < 4.78 is 0.